The van der Waals surface area contributed by atoms with Crippen LogP contribution in [-0.4, -0.2) is 87.6 Å². The number of carboxylic acids is 1. The van der Waals surface area contributed by atoms with Gasteiger partial charge in [-0.25, -0.2) is 4.79 Å². The second-order valence-electron chi connectivity index (χ2n) is 8.33. The number of nitrogens with zero attached hydrogens (tertiary/aromatic N) is 1. The number of rotatable bonds is 12. The van der Waals surface area contributed by atoms with Crippen molar-refractivity contribution in [1.29, 1.82) is 0 Å². The average molecular weight is 461 g/mol. The van der Waals surface area contributed by atoms with Crippen molar-refractivity contribution in [3.8, 4) is 0 Å². The topological polar surface area (TPSA) is 162 Å². The minimum absolute atomic E-state index is 0.0653. The molecule has 0 aromatic heterocycles. The van der Waals surface area contributed by atoms with Crippen molar-refractivity contribution < 1.29 is 29.4 Å². The quantitative estimate of drug-likeness (QED) is 0.261. The third-order valence-electron chi connectivity index (χ3n) is 5.21. The van der Waals surface area contributed by atoms with Crippen LogP contribution >= 0.6 is 11.8 Å². The Bertz CT molecular complexity index is 645. The van der Waals surface area contributed by atoms with Gasteiger partial charge in [0.2, 0.25) is 17.7 Å². The van der Waals surface area contributed by atoms with Crippen LogP contribution in [0.3, 0.4) is 0 Å². The fourth-order valence-electron chi connectivity index (χ4n) is 3.44. The van der Waals surface area contributed by atoms with Gasteiger partial charge < -0.3 is 31.5 Å². The van der Waals surface area contributed by atoms with E-state index in [1.54, 1.807) is 0 Å². The summed E-state index contributed by atoms with van der Waals surface area (Å²) in [5, 5.41) is 24.2. The van der Waals surface area contributed by atoms with Gasteiger partial charge in [-0.3, -0.25) is 14.4 Å². The number of carboxylic acid groups (broad SMARTS) is 1. The van der Waals surface area contributed by atoms with Gasteiger partial charge in [0.25, 0.3) is 0 Å². The number of carbonyl (C=O) groups excluding carboxylic acids is 3. The Balaban J connectivity index is 2.90. The molecule has 11 heteroatoms. The SMILES string of the molecule is CSCCC(NC(=O)C(CC(C)C)NC(=O)C1CCCN1C(=O)C(N)C(C)O)C(=O)O. The van der Waals surface area contributed by atoms with E-state index in [-0.39, 0.29) is 12.3 Å². The zero-order valence-corrected chi connectivity index (χ0v) is 19.5. The lowest BCUT2D eigenvalue weighted by molar-refractivity contribution is -0.143. The van der Waals surface area contributed by atoms with Gasteiger partial charge in [0.1, 0.15) is 24.2 Å². The van der Waals surface area contributed by atoms with E-state index in [1.165, 1.54) is 23.6 Å². The number of nitrogens with two attached hydrogens (primary N) is 1. The highest BCUT2D eigenvalue weighted by Crippen LogP contribution is 2.19. The first-order chi connectivity index (χ1) is 14.5. The second-order valence-corrected chi connectivity index (χ2v) is 9.31. The highest BCUT2D eigenvalue weighted by atomic mass is 32.2. The fourth-order valence-corrected chi connectivity index (χ4v) is 3.91. The van der Waals surface area contributed by atoms with Crippen LogP contribution in [0.25, 0.3) is 0 Å². The highest BCUT2D eigenvalue weighted by Gasteiger charge is 2.38. The van der Waals surface area contributed by atoms with Crippen molar-refractivity contribution in [2.75, 3.05) is 18.6 Å². The van der Waals surface area contributed by atoms with Crippen molar-refractivity contribution in [1.82, 2.24) is 15.5 Å². The first-order valence-electron chi connectivity index (χ1n) is 10.6. The number of carbonyl (C=O) groups is 4. The third-order valence-corrected chi connectivity index (χ3v) is 5.85. The molecule has 0 aliphatic carbocycles. The standard InChI is InChI=1S/C20H36N4O6S/c1-11(2)10-14(17(26)22-13(20(29)30)7-9-31-4)23-18(27)15-6-5-8-24(15)19(28)16(21)12(3)25/h11-16,25H,5-10,21H2,1-4H3,(H,22,26)(H,23,27)(H,29,30). The van der Waals surface area contributed by atoms with E-state index in [2.05, 4.69) is 10.6 Å². The van der Waals surface area contributed by atoms with Crippen LogP contribution in [0.5, 0.6) is 0 Å². The zero-order chi connectivity index (χ0) is 23.7. The van der Waals surface area contributed by atoms with Gasteiger partial charge >= 0.3 is 5.97 Å². The number of hydrogen-bond donors (Lipinski definition) is 5. The number of nitrogens with one attached hydrogen (secondary N) is 2. The summed E-state index contributed by atoms with van der Waals surface area (Å²) < 4.78 is 0. The molecule has 0 aromatic rings. The Morgan fingerprint density at radius 1 is 1.16 bits per heavy atom. The Morgan fingerprint density at radius 2 is 1.81 bits per heavy atom. The molecule has 1 rings (SSSR count). The van der Waals surface area contributed by atoms with Crippen molar-refractivity contribution >= 4 is 35.5 Å². The first kappa shape index (κ1) is 27.2. The lowest BCUT2D eigenvalue weighted by Crippen LogP contribution is -2.57. The van der Waals surface area contributed by atoms with Crippen molar-refractivity contribution in [2.24, 2.45) is 11.7 Å². The number of hydrogen-bond acceptors (Lipinski definition) is 7. The van der Waals surface area contributed by atoms with Crippen molar-refractivity contribution in [3.63, 3.8) is 0 Å². The summed E-state index contributed by atoms with van der Waals surface area (Å²) in [4.78, 5) is 51.1. The second kappa shape index (κ2) is 12.9. The molecule has 5 atom stereocenters. The van der Waals surface area contributed by atoms with Gasteiger partial charge in [-0.15, -0.1) is 0 Å². The van der Waals surface area contributed by atoms with Crippen LogP contribution in [0.4, 0.5) is 0 Å². The number of aliphatic hydroxyl groups is 1. The molecule has 178 valence electrons. The third kappa shape index (κ3) is 8.30. The van der Waals surface area contributed by atoms with Crippen molar-refractivity contribution in [3.05, 3.63) is 0 Å². The maximum absolute atomic E-state index is 12.9. The molecule has 1 saturated heterocycles. The predicted molar refractivity (Wildman–Crippen MR) is 118 cm³/mol. The predicted octanol–water partition coefficient (Wildman–Crippen LogP) is -0.461. The van der Waals surface area contributed by atoms with Gasteiger partial charge in [-0.2, -0.15) is 11.8 Å². The molecule has 5 unspecified atom stereocenters. The number of aliphatic hydroxyl groups excluding tert-OH is 1. The smallest absolute Gasteiger partial charge is 0.326 e. The molecule has 0 spiro atoms. The lowest BCUT2D eigenvalue weighted by atomic mass is 10.0. The van der Waals surface area contributed by atoms with Crippen LogP contribution in [0, 0.1) is 5.92 Å². The van der Waals surface area contributed by atoms with Crippen LogP contribution in [-0.2, 0) is 19.2 Å². The molecule has 0 saturated carbocycles. The largest absolute Gasteiger partial charge is 0.480 e. The summed E-state index contributed by atoms with van der Waals surface area (Å²) >= 11 is 1.48. The Labute approximate surface area is 187 Å². The first-order valence-corrected chi connectivity index (χ1v) is 12.0. The Kier molecular flexibility index (Phi) is 11.3. The van der Waals surface area contributed by atoms with E-state index >= 15 is 0 Å². The summed E-state index contributed by atoms with van der Waals surface area (Å²) in [6, 6.07) is -3.88. The molecule has 1 aliphatic rings. The molecule has 0 aromatic carbocycles. The minimum atomic E-state index is -1.13. The van der Waals surface area contributed by atoms with Gasteiger partial charge in [0, 0.05) is 6.54 Å². The van der Waals surface area contributed by atoms with Gasteiger partial charge in [-0.1, -0.05) is 13.8 Å². The van der Waals surface area contributed by atoms with E-state index in [1.807, 2.05) is 20.1 Å². The maximum atomic E-state index is 12.9. The highest BCUT2D eigenvalue weighted by molar-refractivity contribution is 7.98. The molecule has 1 aliphatic heterocycles. The molecule has 6 N–H and O–H groups in total. The summed E-state index contributed by atoms with van der Waals surface area (Å²) in [5.74, 6) is -2.05. The van der Waals surface area contributed by atoms with Gasteiger partial charge in [-0.05, 0) is 50.5 Å². The molecule has 1 heterocycles. The Hall–Kier alpha value is -1.85. The summed E-state index contributed by atoms with van der Waals surface area (Å²) in [5.41, 5.74) is 5.75. The minimum Gasteiger partial charge on any atom is -0.480 e. The van der Waals surface area contributed by atoms with E-state index < -0.39 is 54.0 Å². The average Bonchev–Trinajstić information content (AvgIpc) is 3.18. The van der Waals surface area contributed by atoms with Crippen LogP contribution in [0.2, 0.25) is 0 Å². The molecule has 31 heavy (non-hydrogen) atoms. The van der Waals surface area contributed by atoms with Gasteiger partial charge in [0.05, 0.1) is 6.10 Å². The van der Waals surface area contributed by atoms with Crippen LogP contribution in [0.15, 0.2) is 0 Å². The van der Waals surface area contributed by atoms with Crippen molar-refractivity contribution in [2.45, 2.75) is 76.7 Å². The number of amides is 3. The van der Waals surface area contributed by atoms with E-state index in [9.17, 15) is 29.4 Å². The van der Waals surface area contributed by atoms with E-state index in [0.29, 0.717) is 31.6 Å². The van der Waals surface area contributed by atoms with Gasteiger partial charge in [0.15, 0.2) is 0 Å². The number of aliphatic carboxylic acids is 1. The Morgan fingerprint density at radius 3 is 2.32 bits per heavy atom. The molecular weight excluding hydrogens is 424 g/mol. The zero-order valence-electron chi connectivity index (χ0n) is 18.7. The number of thioether (sulfide) groups is 1. The monoisotopic (exact) mass is 460 g/mol. The molecular formula is C20H36N4O6S. The summed E-state index contributed by atoms with van der Waals surface area (Å²) in [7, 11) is 0. The molecule has 10 nitrogen and oxygen atoms in total. The molecule has 0 bridgehead atoms. The summed E-state index contributed by atoms with van der Waals surface area (Å²) in [6.07, 6.45) is 2.41. The number of likely N-dealkylation sites (tertiary alicyclic amines) is 1. The lowest BCUT2D eigenvalue weighted by Gasteiger charge is -2.29. The molecule has 1 fully saturated rings. The molecule has 0 radical (unpaired) electrons. The molecule has 3 amide bonds. The normalized spacial score (nSPS) is 20.1. The maximum Gasteiger partial charge on any atom is 0.326 e. The fraction of sp³-hybridized carbons (Fsp3) is 0.800. The van der Waals surface area contributed by atoms with Crippen LogP contribution < -0.4 is 16.4 Å². The summed E-state index contributed by atoms with van der Waals surface area (Å²) in [6.45, 7) is 5.53. The van der Waals surface area contributed by atoms with Crippen LogP contribution in [0.1, 0.15) is 46.5 Å². The van der Waals surface area contributed by atoms with E-state index in [0.717, 1.165) is 0 Å². The van der Waals surface area contributed by atoms with E-state index in [4.69, 9.17) is 5.73 Å².